The number of carbonyl (C=O) groups excluding carboxylic acids is 1. The van der Waals surface area contributed by atoms with Gasteiger partial charge in [0.1, 0.15) is 18.1 Å². The van der Waals surface area contributed by atoms with Gasteiger partial charge in [-0.15, -0.1) is 0 Å². The van der Waals surface area contributed by atoms with E-state index in [0.29, 0.717) is 18.8 Å². The lowest BCUT2D eigenvalue weighted by Gasteiger charge is -2.16. The summed E-state index contributed by atoms with van der Waals surface area (Å²) in [4.78, 5) is 11.7. The summed E-state index contributed by atoms with van der Waals surface area (Å²) in [6.07, 6.45) is 1.22. The summed E-state index contributed by atoms with van der Waals surface area (Å²) in [5.41, 5.74) is 5.65. The molecule has 3 nitrogen and oxygen atoms in total. The molecule has 0 bridgehead atoms. The summed E-state index contributed by atoms with van der Waals surface area (Å²) < 4.78 is 11.5. The summed E-state index contributed by atoms with van der Waals surface area (Å²) in [7, 11) is 0. The van der Waals surface area contributed by atoms with Gasteiger partial charge in [-0.25, -0.2) is 0 Å². The molecule has 0 fully saturated rings. The molecule has 0 amide bonds. The first kappa shape index (κ1) is 18.1. The maximum atomic E-state index is 11.7. The van der Waals surface area contributed by atoms with Crippen molar-refractivity contribution in [2.75, 3.05) is 0 Å². The van der Waals surface area contributed by atoms with Crippen LogP contribution in [-0.4, -0.2) is 5.97 Å². The summed E-state index contributed by atoms with van der Waals surface area (Å²) in [5, 5.41) is 0. The van der Waals surface area contributed by atoms with Crippen LogP contribution in [-0.2, 0) is 17.8 Å². The highest BCUT2D eigenvalue weighted by Gasteiger charge is 2.13. The largest absolute Gasteiger partial charge is 0.488 e. The van der Waals surface area contributed by atoms with Gasteiger partial charge < -0.3 is 9.47 Å². The molecule has 0 unspecified atom stereocenters. The first-order valence-electron chi connectivity index (χ1n) is 8.48. The smallest absolute Gasteiger partial charge is 0.310 e. The lowest BCUT2D eigenvalue weighted by molar-refractivity contribution is -0.134. The SMILES string of the molecule is CCC(=O)Oc1cccc(CC)c1COc1cc(C)c(C)cc1C. The summed E-state index contributed by atoms with van der Waals surface area (Å²) in [6.45, 7) is 10.5. The highest BCUT2D eigenvalue weighted by atomic mass is 16.5. The van der Waals surface area contributed by atoms with Crippen molar-refractivity contribution in [1.82, 2.24) is 0 Å². The van der Waals surface area contributed by atoms with E-state index in [9.17, 15) is 4.79 Å². The Morgan fingerprint density at radius 3 is 2.33 bits per heavy atom. The highest BCUT2D eigenvalue weighted by Crippen LogP contribution is 2.28. The van der Waals surface area contributed by atoms with Crippen molar-refractivity contribution in [2.24, 2.45) is 0 Å². The third-order valence-electron chi connectivity index (χ3n) is 4.29. The quantitative estimate of drug-likeness (QED) is 0.549. The zero-order valence-electron chi connectivity index (χ0n) is 15.2. The molecule has 2 rings (SSSR count). The zero-order valence-corrected chi connectivity index (χ0v) is 15.2. The fourth-order valence-corrected chi connectivity index (χ4v) is 2.64. The van der Waals surface area contributed by atoms with Gasteiger partial charge in [0.15, 0.2) is 0 Å². The summed E-state index contributed by atoms with van der Waals surface area (Å²) in [5.74, 6) is 1.24. The second-order valence-corrected chi connectivity index (χ2v) is 6.07. The normalized spacial score (nSPS) is 10.5. The summed E-state index contributed by atoms with van der Waals surface area (Å²) in [6, 6.07) is 10.0. The van der Waals surface area contributed by atoms with E-state index in [0.717, 1.165) is 28.9 Å². The molecule has 0 atom stereocenters. The van der Waals surface area contributed by atoms with Crippen LogP contribution in [0, 0.1) is 20.8 Å². The van der Waals surface area contributed by atoms with Crippen molar-refractivity contribution in [1.29, 1.82) is 0 Å². The van der Waals surface area contributed by atoms with Crippen molar-refractivity contribution < 1.29 is 14.3 Å². The van der Waals surface area contributed by atoms with E-state index in [-0.39, 0.29) is 5.97 Å². The number of hydrogen-bond donors (Lipinski definition) is 0. The molecule has 0 aromatic heterocycles. The Bertz CT molecular complexity index is 732. The first-order valence-corrected chi connectivity index (χ1v) is 8.48. The van der Waals surface area contributed by atoms with Crippen molar-refractivity contribution >= 4 is 5.97 Å². The van der Waals surface area contributed by atoms with Crippen LogP contribution in [0.2, 0.25) is 0 Å². The van der Waals surface area contributed by atoms with E-state index in [2.05, 4.69) is 39.0 Å². The zero-order chi connectivity index (χ0) is 17.7. The second kappa shape index (κ2) is 8.00. The van der Waals surface area contributed by atoms with Crippen LogP contribution in [0.4, 0.5) is 0 Å². The van der Waals surface area contributed by atoms with E-state index < -0.39 is 0 Å². The van der Waals surface area contributed by atoms with Gasteiger partial charge in [0.25, 0.3) is 0 Å². The average Bonchev–Trinajstić information content (AvgIpc) is 2.57. The number of aryl methyl sites for hydroxylation is 4. The lowest BCUT2D eigenvalue weighted by Crippen LogP contribution is -2.10. The fourth-order valence-electron chi connectivity index (χ4n) is 2.64. The minimum Gasteiger partial charge on any atom is -0.488 e. The van der Waals surface area contributed by atoms with Crippen LogP contribution in [0.15, 0.2) is 30.3 Å². The molecule has 2 aromatic rings. The van der Waals surface area contributed by atoms with Gasteiger partial charge in [-0.1, -0.05) is 32.0 Å². The van der Waals surface area contributed by atoms with Gasteiger partial charge in [0, 0.05) is 12.0 Å². The molecule has 0 saturated carbocycles. The molecule has 128 valence electrons. The third-order valence-corrected chi connectivity index (χ3v) is 4.29. The minimum atomic E-state index is -0.230. The molecule has 0 spiro atoms. The van der Waals surface area contributed by atoms with E-state index >= 15 is 0 Å². The number of esters is 1. The second-order valence-electron chi connectivity index (χ2n) is 6.07. The maximum Gasteiger partial charge on any atom is 0.310 e. The monoisotopic (exact) mass is 326 g/mol. The molecule has 0 N–H and O–H groups in total. The van der Waals surface area contributed by atoms with E-state index in [4.69, 9.17) is 9.47 Å². The Labute approximate surface area is 144 Å². The fraction of sp³-hybridized carbons (Fsp3) is 0.381. The Kier molecular flexibility index (Phi) is 6.02. The van der Waals surface area contributed by atoms with Crippen LogP contribution in [0.1, 0.15) is 48.1 Å². The molecule has 0 aliphatic rings. The van der Waals surface area contributed by atoms with E-state index in [1.54, 1.807) is 6.92 Å². The molecule has 0 aliphatic carbocycles. The number of benzene rings is 2. The Hall–Kier alpha value is -2.29. The molecule has 0 radical (unpaired) electrons. The Morgan fingerprint density at radius 2 is 1.67 bits per heavy atom. The van der Waals surface area contributed by atoms with Gasteiger partial charge in [0.05, 0.1) is 0 Å². The molecule has 3 heteroatoms. The lowest BCUT2D eigenvalue weighted by atomic mass is 10.0. The van der Waals surface area contributed by atoms with Gasteiger partial charge >= 0.3 is 5.97 Å². The van der Waals surface area contributed by atoms with Crippen LogP contribution in [0.3, 0.4) is 0 Å². The molecule has 24 heavy (non-hydrogen) atoms. The van der Waals surface area contributed by atoms with Gasteiger partial charge in [-0.3, -0.25) is 4.79 Å². The topological polar surface area (TPSA) is 35.5 Å². The van der Waals surface area contributed by atoms with Gasteiger partial charge in [-0.2, -0.15) is 0 Å². The maximum absolute atomic E-state index is 11.7. The number of carbonyl (C=O) groups is 1. The third kappa shape index (κ3) is 4.16. The average molecular weight is 326 g/mol. The van der Waals surface area contributed by atoms with Crippen molar-refractivity contribution in [3.05, 3.63) is 58.1 Å². The van der Waals surface area contributed by atoms with Crippen LogP contribution in [0.25, 0.3) is 0 Å². The van der Waals surface area contributed by atoms with E-state index in [1.807, 2.05) is 19.1 Å². The van der Waals surface area contributed by atoms with Crippen molar-refractivity contribution in [2.45, 2.75) is 54.1 Å². The Balaban J connectivity index is 2.28. The van der Waals surface area contributed by atoms with Crippen LogP contribution in [0.5, 0.6) is 11.5 Å². The summed E-state index contributed by atoms with van der Waals surface area (Å²) >= 11 is 0. The van der Waals surface area contributed by atoms with Gasteiger partial charge in [-0.05, 0) is 61.6 Å². The van der Waals surface area contributed by atoms with Crippen LogP contribution >= 0.6 is 0 Å². The van der Waals surface area contributed by atoms with Crippen molar-refractivity contribution in [3.63, 3.8) is 0 Å². The predicted octanol–water partition coefficient (Wildman–Crippen LogP) is 5.07. The molecule has 2 aromatic carbocycles. The molecular weight excluding hydrogens is 300 g/mol. The van der Waals surface area contributed by atoms with Gasteiger partial charge in [0.2, 0.25) is 0 Å². The molecule has 0 aliphatic heterocycles. The predicted molar refractivity (Wildman–Crippen MR) is 96.7 cm³/mol. The molecule has 0 saturated heterocycles. The molecule has 0 heterocycles. The number of hydrogen-bond acceptors (Lipinski definition) is 3. The van der Waals surface area contributed by atoms with Crippen molar-refractivity contribution in [3.8, 4) is 11.5 Å². The standard InChI is InChI=1S/C21H26O3/c1-6-17-9-8-10-19(24-21(22)7-2)18(17)13-23-20-12-15(4)14(3)11-16(20)5/h8-12H,6-7,13H2,1-5H3. The van der Waals surface area contributed by atoms with Crippen LogP contribution < -0.4 is 9.47 Å². The highest BCUT2D eigenvalue weighted by molar-refractivity contribution is 5.72. The number of ether oxygens (including phenoxy) is 2. The molecular formula is C21H26O3. The first-order chi connectivity index (χ1) is 11.5. The minimum absolute atomic E-state index is 0.230. The number of rotatable bonds is 6. The Morgan fingerprint density at radius 1 is 0.958 bits per heavy atom. The van der Waals surface area contributed by atoms with E-state index in [1.165, 1.54) is 11.1 Å².